The van der Waals surface area contributed by atoms with Gasteiger partial charge in [0, 0.05) is 19.7 Å². The van der Waals surface area contributed by atoms with Crippen molar-refractivity contribution < 1.29 is 4.74 Å². The predicted molar refractivity (Wildman–Crippen MR) is 44.6 cm³/mol. The molecule has 2 aliphatic rings. The summed E-state index contributed by atoms with van der Waals surface area (Å²) in [6.45, 7) is 2.49. The normalized spacial score (nSPS) is 34.1. The fraction of sp³-hybridized carbons (Fsp3) is 1.00. The average Bonchev–Trinajstić information content (AvgIpc) is 2.87. The van der Waals surface area contributed by atoms with Crippen LogP contribution in [0.1, 0.15) is 25.7 Å². The van der Waals surface area contributed by atoms with E-state index in [1.807, 2.05) is 7.11 Å². The molecule has 64 valence electrons. The van der Waals surface area contributed by atoms with Crippen molar-refractivity contribution in [2.75, 3.05) is 20.2 Å². The van der Waals surface area contributed by atoms with Gasteiger partial charge in [-0.2, -0.15) is 0 Å². The lowest BCUT2D eigenvalue weighted by molar-refractivity contribution is 0.0284. The lowest BCUT2D eigenvalue weighted by atomic mass is 10.1. The molecule has 1 aliphatic heterocycles. The van der Waals surface area contributed by atoms with Gasteiger partial charge in [0.15, 0.2) is 0 Å². The molecule has 0 radical (unpaired) electrons. The summed E-state index contributed by atoms with van der Waals surface area (Å²) in [6.07, 6.45) is 5.96. The van der Waals surface area contributed by atoms with Crippen LogP contribution in [-0.4, -0.2) is 37.2 Å². The SMILES string of the molecule is COC1CCCN(C2CC2)C1. The number of rotatable bonds is 2. The number of hydrogen-bond donors (Lipinski definition) is 0. The summed E-state index contributed by atoms with van der Waals surface area (Å²) in [7, 11) is 1.83. The Bertz CT molecular complexity index is 134. The van der Waals surface area contributed by atoms with Crippen molar-refractivity contribution in [3.8, 4) is 0 Å². The Morgan fingerprint density at radius 1 is 1.27 bits per heavy atom. The van der Waals surface area contributed by atoms with Crippen molar-refractivity contribution in [1.29, 1.82) is 0 Å². The molecule has 2 heteroatoms. The van der Waals surface area contributed by atoms with Crippen molar-refractivity contribution in [1.82, 2.24) is 4.90 Å². The second kappa shape index (κ2) is 3.11. The van der Waals surface area contributed by atoms with E-state index in [0.717, 1.165) is 6.04 Å². The quantitative estimate of drug-likeness (QED) is 0.595. The summed E-state index contributed by atoms with van der Waals surface area (Å²) in [5, 5.41) is 0. The third kappa shape index (κ3) is 1.74. The summed E-state index contributed by atoms with van der Waals surface area (Å²) in [4.78, 5) is 2.59. The Balaban J connectivity index is 1.82. The Morgan fingerprint density at radius 3 is 2.73 bits per heavy atom. The highest BCUT2D eigenvalue weighted by Crippen LogP contribution is 2.29. The van der Waals surface area contributed by atoms with E-state index in [1.54, 1.807) is 0 Å². The zero-order valence-electron chi connectivity index (χ0n) is 7.25. The van der Waals surface area contributed by atoms with Crippen LogP contribution < -0.4 is 0 Å². The molecule has 11 heavy (non-hydrogen) atoms. The van der Waals surface area contributed by atoms with E-state index in [2.05, 4.69) is 4.90 Å². The van der Waals surface area contributed by atoms with Crippen LogP contribution in [0, 0.1) is 0 Å². The number of piperidine rings is 1. The van der Waals surface area contributed by atoms with Crippen LogP contribution in [0.4, 0.5) is 0 Å². The molecular formula is C9H17NO. The Morgan fingerprint density at radius 2 is 2.09 bits per heavy atom. The summed E-state index contributed by atoms with van der Waals surface area (Å²) >= 11 is 0. The summed E-state index contributed by atoms with van der Waals surface area (Å²) < 4.78 is 5.36. The molecule has 2 nitrogen and oxygen atoms in total. The Kier molecular flexibility index (Phi) is 2.14. The van der Waals surface area contributed by atoms with Crippen molar-refractivity contribution in [3.05, 3.63) is 0 Å². The van der Waals surface area contributed by atoms with E-state index in [9.17, 15) is 0 Å². The molecule has 0 aromatic rings. The number of ether oxygens (including phenoxy) is 1. The van der Waals surface area contributed by atoms with Gasteiger partial charge < -0.3 is 4.74 Å². The number of hydrogen-bond acceptors (Lipinski definition) is 2. The van der Waals surface area contributed by atoms with Gasteiger partial charge in [0.1, 0.15) is 0 Å². The molecule has 0 aromatic carbocycles. The molecule has 2 rings (SSSR count). The molecule has 0 aromatic heterocycles. The lowest BCUT2D eigenvalue weighted by Crippen LogP contribution is -2.40. The zero-order valence-corrected chi connectivity index (χ0v) is 7.25. The van der Waals surface area contributed by atoms with Gasteiger partial charge in [-0.25, -0.2) is 0 Å². The van der Waals surface area contributed by atoms with Gasteiger partial charge in [-0.15, -0.1) is 0 Å². The van der Waals surface area contributed by atoms with E-state index in [-0.39, 0.29) is 0 Å². The van der Waals surface area contributed by atoms with Crippen molar-refractivity contribution in [2.45, 2.75) is 37.8 Å². The van der Waals surface area contributed by atoms with Gasteiger partial charge >= 0.3 is 0 Å². The van der Waals surface area contributed by atoms with Gasteiger partial charge in [0.2, 0.25) is 0 Å². The van der Waals surface area contributed by atoms with Gasteiger partial charge in [-0.1, -0.05) is 0 Å². The van der Waals surface area contributed by atoms with Crippen LogP contribution in [0.3, 0.4) is 0 Å². The molecule has 0 spiro atoms. The average molecular weight is 155 g/mol. The fourth-order valence-corrected chi connectivity index (χ4v) is 1.93. The second-order valence-corrected chi connectivity index (χ2v) is 3.73. The minimum atomic E-state index is 0.518. The van der Waals surface area contributed by atoms with Gasteiger partial charge in [0.25, 0.3) is 0 Å². The van der Waals surface area contributed by atoms with Gasteiger partial charge in [0.05, 0.1) is 6.10 Å². The molecule has 1 saturated heterocycles. The standard InChI is InChI=1S/C9H17NO/c1-11-9-3-2-6-10(7-9)8-4-5-8/h8-9H,2-7H2,1H3. The topological polar surface area (TPSA) is 12.5 Å². The first kappa shape index (κ1) is 7.56. The van der Waals surface area contributed by atoms with Crippen LogP contribution in [0.2, 0.25) is 0 Å². The maximum Gasteiger partial charge on any atom is 0.0698 e. The Labute approximate surface area is 68.5 Å². The molecule has 1 aliphatic carbocycles. The third-order valence-corrected chi connectivity index (χ3v) is 2.81. The van der Waals surface area contributed by atoms with Crippen LogP contribution in [0.15, 0.2) is 0 Å². The van der Waals surface area contributed by atoms with E-state index in [0.29, 0.717) is 6.10 Å². The molecule has 1 saturated carbocycles. The minimum Gasteiger partial charge on any atom is -0.380 e. The van der Waals surface area contributed by atoms with Crippen LogP contribution in [-0.2, 0) is 4.74 Å². The van der Waals surface area contributed by atoms with E-state index >= 15 is 0 Å². The van der Waals surface area contributed by atoms with Crippen molar-refractivity contribution in [3.63, 3.8) is 0 Å². The van der Waals surface area contributed by atoms with Crippen molar-refractivity contribution in [2.24, 2.45) is 0 Å². The first-order chi connectivity index (χ1) is 5.40. The minimum absolute atomic E-state index is 0.518. The monoisotopic (exact) mass is 155 g/mol. The van der Waals surface area contributed by atoms with E-state index < -0.39 is 0 Å². The molecule has 0 N–H and O–H groups in total. The second-order valence-electron chi connectivity index (χ2n) is 3.73. The van der Waals surface area contributed by atoms with Crippen molar-refractivity contribution >= 4 is 0 Å². The summed E-state index contributed by atoms with van der Waals surface area (Å²) in [5.74, 6) is 0. The van der Waals surface area contributed by atoms with Crippen LogP contribution >= 0.6 is 0 Å². The highest BCUT2D eigenvalue weighted by atomic mass is 16.5. The molecule has 1 heterocycles. The smallest absolute Gasteiger partial charge is 0.0698 e. The lowest BCUT2D eigenvalue weighted by Gasteiger charge is -2.31. The number of likely N-dealkylation sites (tertiary alicyclic amines) is 1. The van der Waals surface area contributed by atoms with Crippen LogP contribution in [0.25, 0.3) is 0 Å². The summed E-state index contributed by atoms with van der Waals surface area (Å²) in [6, 6.07) is 0.924. The third-order valence-electron chi connectivity index (χ3n) is 2.81. The summed E-state index contributed by atoms with van der Waals surface area (Å²) in [5.41, 5.74) is 0. The van der Waals surface area contributed by atoms with Gasteiger partial charge in [-0.05, 0) is 32.2 Å². The van der Waals surface area contributed by atoms with E-state index in [1.165, 1.54) is 38.8 Å². The molecule has 1 unspecified atom stereocenters. The van der Waals surface area contributed by atoms with Gasteiger partial charge in [-0.3, -0.25) is 4.90 Å². The molecular weight excluding hydrogens is 138 g/mol. The number of nitrogens with zero attached hydrogens (tertiary/aromatic N) is 1. The first-order valence-corrected chi connectivity index (χ1v) is 4.67. The molecule has 0 amide bonds. The van der Waals surface area contributed by atoms with Crippen LogP contribution in [0.5, 0.6) is 0 Å². The number of methoxy groups -OCH3 is 1. The largest absolute Gasteiger partial charge is 0.380 e. The predicted octanol–water partition coefficient (Wildman–Crippen LogP) is 1.26. The highest BCUT2D eigenvalue weighted by Gasteiger charge is 2.32. The maximum atomic E-state index is 5.36. The zero-order chi connectivity index (χ0) is 7.68. The molecule has 0 bridgehead atoms. The fourth-order valence-electron chi connectivity index (χ4n) is 1.93. The van der Waals surface area contributed by atoms with E-state index in [4.69, 9.17) is 4.74 Å². The maximum absolute atomic E-state index is 5.36. The Hall–Kier alpha value is -0.0800. The molecule has 1 atom stereocenters. The first-order valence-electron chi connectivity index (χ1n) is 4.67. The highest BCUT2D eigenvalue weighted by molar-refractivity contribution is 4.87. The molecule has 2 fully saturated rings.